The van der Waals surface area contributed by atoms with E-state index in [1.165, 1.54) is 12.1 Å². The van der Waals surface area contributed by atoms with Crippen LogP contribution in [0.1, 0.15) is 5.56 Å². The fourth-order valence-corrected chi connectivity index (χ4v) is 0.681. The summed E-state index contributed by atoms with van der Waals surface area (Å²) in [4.78, 5) is 3.16. The number of rotatable bonds is 1. The van der Waals surface area contributed by atoms with Crippen molar-refractivity contribution in [2.24, 2.45) is 0 Å². The molecule has 0 bridgehead atoms. The molecule has 0 fully saturated rings. The van der Waals surface area contributed by atoms with Crippen LogP contribution in [0, 0.1) is 12.4 Å². The van der Waals surface area contributed by atoms with Crippen LogP contribution in [0.3, 0.4) is 0 Å². The van der Waals surface area contributed by atoms with Crippen LogP contribution in [-0.4, -0.2) is 0 Å². The predicted octanol–water partition coefficient (Wildman–Crippen LogP) is 2.24. The minimum absolute atomic E-state index is 0.256. The van der Waals surface area contributed by atoms with Crippen molar-refractivity contribution in [3.05, 3.63) is 47.1 Å². The Bertz CT molecular complexity index is 245. The molecule has 10 heavy (non-hydrogen) atoms. The molecule has 50 valence electrons. The molecule has 1 rings (SSSR count). The molecular formula is C8H6FN. The minimum Gasteiger partial charge on any atom is -0.312 e. The van der Waals surface area contributed by atoms with Crippen LogP contribution in [0.2, 0.25) is 0 Å². The Kier molecular flexibility index (Phi) is 2.01. The highest BCUT2D eigenvalue weighted by Gasteiger charge is 1.93. The highest BCUT2D eigenvalue weighted by Crippen LogP contribution is 2.03. The zero-order valence-electron chi connectivity index (χ0n) is 5.34. The Morgan fingerprint density at radius 2 is 1.90 bits per heavy atom. The monoisotopic (exact) mass is 135 g/mol. The van der Waals surface area contributed by atoms with Crippen LogP contribution in [0.5, 0.6) is 0 Å². The van der Waals surface area contributed by atoms with E-state index in [1.54, 1.807) is 12.1 Å². The summed E-state index contributed by atoms with van der Waals surface area (Å²) >= 11 is 0. The van der Waals surface area contributed by atoms with Gasteiger partial charge in [0.15, 0.2) is 0 Å². The maximum Gasteiger partial charge on any atom is 0.239 e. The highest BCUT2D eigenvalue weighted by atomic mass is 19.1. The summed E-state index contributed by atoms with van der Waals surface area (Å²) < 4.78 is 12.2. The van der Waals surface area contributed by atoms with Crippen LogP contribution >= 0.6 is 0 Å². The van der Waals surface area contributed by atoms with Crippen LogP contribution in [0.25, 0.3) is 4.85 Å². The van der Waals surface area contributed by atoms with E-state index in [2.05, 4.69) is 4.85 Å². The van der Waals surface area contributed by atoms with Gasteiger partial charge in [0.25, 0.3) is 0 Å². The van der Waals surface area contributed by atoms with Gasteiger partial charge in [-0.1, -0.05) is 0 Å². The second kappa shape index (κ2) is 2.98. The molecule has 0 radical (unpaired) electrons. The summed E-state index contributed by atoms with van der Waals surface area (Å²) in [7, 11) is 0. The molecule has 0 spiro atoms. The second-order valence-corrected chi connectivity index (χ2v) is 1.94. The minimum atomic E-state index is -0.256. The number of halogens is 1. The smallest absolute Gasteiger partial charge is 0.239 e. The first kappa shape index (κ1) is 6.76. The standard InChI is InChI=1S/C8H6FN/c1-10-6-7-2-4-8(9)5-3-7/h2-5H,6H2. The first-order valence-electron chi connectivity index (χ1n) is 2.90. The van der Waals surface area contributed by atoms with E-state index in [9.17, 15) is 4.39 Å². The summed E-state index contributed by atoms with van der Waals surface area (Å²) in [6, 6.07) is 5.96. The maximum absolute atomic E-state index is 12.2. The van der Waals surface area contributed by atoms with Gasteiger partial charge in [0.05, 0.1) is 0 Å². The van der Waals surface area contributed by atoms with Crippen molar-refractivity contribution in [1.29, 1.82) is 0 Å². The fourth-order valence-electron chi connectivity index (χ4n) is 0.681. The summed E-state index contributed by atoms with van der Waals surface area (Å²) in [6.07, 6.45) is 0. The molecule has 1 nitrogen and oxygen atoms in total. The lowest BCUT2D eigenvalue weighted by molar-refractivity contribution is 0.627. The normalized spacial score (nSPS) is 8.80. The van der Waals surface area contributed by atoms with Crippen molar-refractivity contribution in [1.82, 2.24) is 0 Å². The van der Waals surface area contributed by atoms with Crippen molar-refractivity contribution in [3.63, 3.8) is 0 Å². The van der Waals surface area contributed by atoms with Crippen molar-refractivity contribution < 1.29 is 4.39 Å². The third kappa shape index (κ3) is 1.56. The molecule has 0 N–H and O–H groups in total. The SMILES string of the molecule is [C-]#[N+]Cc1ccc(F)cc1. The summed E-state index contributed by atoms with van der Waals surface area (Å²) in [5.41, 5.74) is 0.858. The summed E-state index contributed by atoms with van der Waals surface area (Å²) in [6.45, 7) is 6.86. The highest BCUT2D eigenvalue weighted by molar-refractivity contribution is 5.16. The van der Waals surface area contributed by atoms with Gasteiger partial charge in [0.1, 0.15) is 5.82 Å². The number of benzene rings is 1. The van der Waals surface area contributed by atoms with Crippen molar-refractivity contribution in [2.75, 3.05) is 0 Å². The molecule has 0 aliphatic rings. The average molecular weight is 135 g/mol. The van der Waals surface area contributed by atoms with Gasteiger partial charge in [-0.15, -0.1) is 0 Å². The Hall–Kier alpha value is -1.36. The fraction of sp³-hybridized carbons (Fsp3) is 0.125. The van der Waals surface area contributed by atoms with E-state index in [0.29, 0.717) is 6.54 Å². The molecule has 0 amide bonds. The van der Waals surface area contributed by atoms with Gasteiger partial charge in [-0.25, -0.2) is 11.0 Å². The second-order valence-electron chi connectivity index (χ2n) is 1.94. The topological polar surface area (TPSA) is 4.36 Å². The van der Waals surface area contributed by atoms with Gasteiger partial charge in [0.2, 0.25) is 6.54 Å². The molecule has 1 aromatic carbocycles. The molecule has 0 saturated heterocycles. The molecule has 0 unspecified atom stereocenters. The summed E-state index contributed by atoms with van der Waals surface area (Å²) in [5.74, 6) is -0.256. The number of hydrogen-bond donors (Lipinski definition) is 0. The molecule has 0 aromatic heterocycles. The summed E-state index contributed by atoms with van der Waals surface area (Å²) in [5, 5.41) is 0. The maximum atomic E-state index is 12.2. The molecule has 1 aromatic rings. The van der Waals surface area contributed by atoms with E-state index >= 15 is 0 Å². The van der Waals surface area contributed by atoms with Crippen LogP contribution in [0.15, 0.2) is 24.3 Å². The Labute approximate surface area is 58.9 Å². The van der Waals surface area contributed by atoms with Gasteiger partial charge in [-0.2, -0.15) is 0 Å². The van der Waals surface area contributed by atoms with Crippen LogP contribution in [0.4, 0.5) is 4.39 Å². The van der Waals surface area contributed by atoms with Crippen molar-refractivity contribution >= 4 is 0 Å². The lowest BCUT2D eigenvalue weighted by Gasteiger charge is -1.88. The van der Waals surface area contributed by atoms with Gasteiger partial charge in [-0.3, -0.25) is 0 Å². The van der Waals surface area contributed by atoms with Gasteiger partial charge in [0, 0.05) is 5.56 Å². The van der Waals surface area contributed by atoms with Crippen molar-refractivity contribution in [2.45, 2.75) is 6.54 Å². The van der Waals surface area contributed by atoms with E-state index in [0.717, 1.165) is 5.56 Å². The average Bonchev–Trinajstić information content (AvgIpc) is 1.95. The molecule has 0 aliphatic carbocycles. The lowest BCUT2D eigenvalue weighted by atomic mass is 10.2. The number of hydrogen-bond acceptors (Lipinski definition) is 0. The van der Waals surface area contributed by atoms with Crippen molar-refractivity contribution in [3.8, 4) is 0 Å². The molecular weight excluding hydrogens is 129 g/mol. The third-order valence-corrected chi connectivity index (χ3v) is 1.17. The van der Waals surface area contributed by atoms with Crippen LogP contribution < -0.4 is 0 Å². The predicted molar refractivity (Wildman–Crippen MR) is 36.7 cm³/mol. The zero-order valence-corrected chi connectivity index (χ0v) is 5.34. The molecule has 0 saturated carbocycles. The van der Waals surface area contributed by atoms with E-state index in [-0.39, 0.29) is 5.82 Å². The molecule has 2 heteroatoms. The Balaban J connectivity index is 2.81. The largest absolute Gasteiger partial charge is 0.312 e. The van der Waals surface area contributed by atoms with Gasteiger partial charge in [-0.05, 0) is 24.3 Å². The van der Waals surface area contributed by atoms with Gasteiger partial charge >= 0.3 is 0 Å². The molecule has 0 aliphatic heterocycles. The van der Waals surface area contributed by atoms with E-state index in [4.69, 9.17) is 6.57 Å². The number of nitrogens with zero attached hydrogens (tertiary/aromatic N) is 1. The Morgan fingerprint density at radius 3 is 2.40 bits per heavy atom. The van der Waals surface area contributed by atoms with E-state index < -0.39 is 0 Å². The first-order valence-corrected chi connectivity index (χ1v) is 2.90. The van der Waals surface area contributed by atoms with Gasteiger partial charge < -0.3 is 4.85 Å². The third-order valence-electron chi connectivity index (χ3n) is 1.17. The quantitative estimate of drug-likeness (QED) is 0.520. The first-order chi connectivity index (χ1) is 4.83. The Morgan fingerprint density at radius 1 is 1.30 bits per heavy atom. The molecule has 0 atom stereocenters. The molecule has 0 heterocycles. The van der Waals surface area contributed by atoms with Crippen LogP contribution in [-0.2, 0) is 6.54 Å². The zero-order chi connectivity index (χ0) is 7.40. The van der Waals surface area contributed by atoms with E-state index in [1.807, 2.05) is 0 Å². The lowest BCUT2D eigenvalue weighted by Crippen LogP contribution is -1.78.